The number of nitrogens with zero attached hydrogens (tertiary/aromatic N) is 7. The van der Waals surface area contributed by atoms with Crippen molar-refractivity contribution in [1.82, 2.24) is 29.5 Å². The number of halogens is 3. The number of carbonyl (C=O) groups is 2. The number of anilines is 1. The van der Waals surface area contributed by atoms with Gasteiger partial charge in [0.1, 0.15) is 12.1 Å². The smallest absolute Gasteiger partial charge is 0.416 e. The zero-order chi connectivity index (χ0) is 27.0. The van der Waals surface area contributed by atoms with Crippen LogP contribution in [0.15, 0.2) is 49.3 Å². The van der Waals surface area contributed by atoms with E-state index in [-0.39, 0.29) is 47.4 Å². The molecule has 5 rings (SSSR count). The van der Waals surface area contributed by atoms with Crippen LogP contribution >= 0.6 is 0 Å². The molecule has 0 N–H and O–H groups in total. The quantitative estimate of drug-likeness (QED) is 0.499. The highest BCUT2D eigenvalue weighted by Gasteiger charge is 2.43. The predicted octanol–water partition coefficient (Wildman–Crippen LogP) is 3.50. The van der Waals surface area contributed by atoms with Gasteiger partial charge in [-0.05, 0) is 29.5 Å². The van der Waals surface area contributed by atoms with Crippen LogP contribution in [0.3, 0.4) is 0 Å². The van der Waals surface area contributed by atoms with E-state index >= 15 is 0 Å². The summed E-state index contributed by atoms with van der Waals surface area (Å²) in [5.74, 6) is 0.443. The number of likely N-dealkylation sites (tertiary alicyclic amines) is 2. The van der Waals surface area contributed by atoms with Gasteiger partial charge in [0.2, 0.25) is 5.91 Å². The van der Waals surface area contributed by atoms with Gasteiger partial charge in [-0.25, -0.2) is 14.8 Å². The molecule has 0 radical (unpaired) electrons. The molecule has 0 saturated carbocycles. The maximum atomic E-state index is 13.9. The van der Waals surface area contributed by atoms with Crippen LogP contribution in [-0.2, 0) is 17.5 Å². The Morgan fingerprint density at radius 1 is 1.05 bits per heavy atom. The van der Waals surface area contributed by atoms with Crippen molar-refractivity contribution in [3.63, 3.8) is 0 Å². The molecule has 0 spiro atoms. The lowest BCUT2D eigenvalue weighted by atomic mass is 10.0. The Labute approximate surface area is 216 Å². The number of hydrogen-bond donors (Lipinski definition) is 0. The molecule has 2 unspecified atom stereocenters. The Bertz CT molecular complexity index is 1320. The summed E-state index contributed by atoms with van der Waals surface area (Å²) in [4.78, 5) is 37.2. The molecule has 38 heavy (non-hydrogen) atoms. The van der Waals surface area contributed by atoms with Gasteiger partial charge in [0.15, 0.2) is 5.75 Å². The second-order valence-corrected chi connectivity index (χ2v) is 9.62. The SMILES string of the molecule is CC(=O)N(C)c1cnn(C(=O)N2CC3CN(Cc4ccc(Oc5cncnc5)cc4C(F)(F)F)CC3C2)c1. The van der Waals surface area contributed by atoms with Gasteiger partial charge in [0, 0.05) is 46.7 Å². The first-order chi connectivity index (χ1) is 18.1. The highest BCUT2D eigenvalue weighted by molar-refractivity contribution is 5.91. The Hall–Kier alpha value is -4.00. The van der Waals surface area contributed by atoms with Gasteiger partial charge in [0.25, 0.3) is 0 Å². The average molecular weight is 530 g/mol. The van der Waals surface area contributed by atoms with Crippen molar-refractivity contribution in [2.24, 2.45) is 11.8 Å². The molecule has 2 aliphatic heterocycles. The largest absolute Gasteiger partial charge is 0.454 e. The van der Waals surface area contributed by atoms with Gasteiger partial charge < -0.3 is 14.5 Å². The first-order valence-electron chi connectivity index (χ1n) is 12.0. The number of amides is 2. The van der Waals surface area contributed by atoms with Crippen LogP contribution < -0.4 is 9.64 Å². The second kappa shape index (κ2) is 10.0. The molecular formula is C25H26F3N7O3. The normalized spacial score (nSPS) is 19.4. The van der Waals surface area contributed by atoms with Gasteiger partial charge in [-0.3, -0.25) is 9.69 Å². The van der Waals surface area contributed by atoms with E-state index < -0.39 is 11.7 Å². The van der Waals surface area contributed by atoms with Crippen LogP contribution in [0.1, 0.15) is 18.1 Å². The maximum absolute atomic E-state index is 13.9. The standard InChI is InChI=1S/C25H26F3N7O3/c1-16(36)32(2)20-6-31-35(14-20)24(37)34-12-18-10-33(11-19(18)13-34)9-17-3-4-21(5-23(17)25(26,27)28)38-22-7-29-15-30-8-22/h3-8,14-15,18-19H,9-13H2,1-2H3. The summed E-state index contributed by atoms with van der Waals surface area (Å²) in [5, 5.41) is 4.09. The molecule has 0 aliphatic carbocycles. The minimum absolute atomic E-state index is 0.0552. The third kappa shape index (κ3) is 5.32. The van der Waals surface area contributed by atoms with Crippen molar-refractivity contribution in [2.45, 2.75) is 19.6 Å². The minimum atomic E-state index is -4.54. The molecular weight excluding hydrogens is 503 g/mol. The van der Waals surface area contributed by atoms with Crippen LogP contribution in [-0.4, -0.2) is 74.7 Å². The Morgan fingerprint density at radius 2 is 1.74 bits per heavy atom. The lowest BCUT2D eigenvalue weighted by Crippen LogP contribution is -2.36. The zero-order valence-corrected chi connectivity index (χ0v) is 20.8. The molecule has 2 saturated heterocycles. The van der Waals surface area contributed by atoms with Crippen LogP contribution in [0.5, 0.6) is 11.5 Å². The van der Waals surface area contributed by atoms with E-state index in [1.165, 1.54) is 59.8 Å². The Morgan fingerprint density at radius 3 is 2.37 bits per heavy atom. The molecule has 2 aromatic heterocycles. The van der Waals surface area contributed by atoms with Crippen LogP contribution in [0.25, 0.3) is 0 Å². The molecule has 1 aromatic carbocycles. The van der Waals surface area contributed by atoms with Crippen molar-refractivity contribution in [1.29, 1.82) is 0 Å². The molecule has 3 aromatic rings. The van der Waals surface area contributed by atoms with Crippen LogP contribution in [0.4, 0.5) is 23.7 Å². The summed E-state index contributed by atoms with van der Waals surface area (Å²) < 4.78 is 48.4. The van der Waals surface area contributed by atoms with Crippen molar-refractivity contribution in [3.05, 3.63) is 60.4 Å². The number of hydrogen-bond acceptors (Lipinski definition) is 7. The molecule has 2 fully saturated rings. The van der Waals surface area contributed by atoms with Crippen LogP contribution in [0.2, 0.25) is 0 Å². The van der Waals surface area contributed by atoms with Crippen LogP contribution in [0, 0.1) is 11.8 Å². The summed E-state index contributed by atoms with van der Waals surface area (Å²) in [5.41, 5.74) is -0.0585. The summed E-state index contributed by atoms with van der Waals surface area (Å²) in [7, 11) is 1.60. The molecule has 10 nitrogen and oxygen atoms in total. The Kier molecular flexibility index (Phi) is 6.78. The molecule has 2 amide bonds. The minimum Gasteiger partial charge on any atom is -0.454 e. The fourth-order valence-corrected chi connectivity index (χ4v) is 5.03. The number of rotatable bonds is 5. The summed E-state index contributed by atoms with van der Waals surface area (Å²) in [6, 6.07) is 3.67. The highest BCUT2D eigenvalue weighted by atomic mass is 19.4. The lowest BCUT2D eigenvalue weighted by Gasteiger charge is -2.23. The van der Waals surface area contributed by atoms with E-state index in [2.05, 4.69) is 15.1 Å². The third-order valence-corrected chi connectivity index (χ3v) is 7.01. The molecule has 0 bridgehead atoms. The topological polar surface area (TPSA) is 96.7 Å². The molecule has 2 atom stereocenters. The van der Waals surface area contributed by atoms with Gasteiger partial charge in [-0.2, -0.15) is 23.0 Å². The van der Waals surface area contributed by atoms with Crippen molar-refractivity contribution < 1.29 is 27.5 Å². The zero-order valence-electron chi connectivity index (χ0n) is 20.8. The van der Waals surface area contributed by atoms with E-state index in [0.29, 0.717) is 31.9 Å². The van der Waals surface area contributed by atoms with Gasteiger partial charge in [0.05, 0.1) is 36.0 Å². The first kappa shape index (κ1) is 25.6. The van der Waals surface area contributed by atoms with Gasteiger partial charge in [-0.15, -0.1) is 0 Å². The summed E-state index contributed by atoms with van der Waals surface area (Å²) >= 11 is 0. The van der Waals surface area contributed by atoms with Crippen molar-refractivity contribution in [2.75, 3.05) is 38.1 Å². The van der Waals surface area contributed by atoms with Gasteiger partial charge >= 0.3 is 12.2 Å². The number of ether oxygens (including phenoxy) is 1. The number of alkyl halides is 3. The fraction of sp³-hybridized carbons (Fsp3) is 0.400. The molecule has 2 aliphatic rings. The number of aromatic nitrogens is 4. The number of carbonyl (C=O) groups excluding carboxylic acids is 2. The van der Waals surface area contributed by atoms with E-state index in [4.69, 9.17) is 4.74 Å². The number of benzene rings is 1. The molecule has 13 heteroatoms. The predicted molar refractivity (Wildman–Crippen MR) is 129 cm³/mol. The number of fused-ring (bicyclic) bond motifs is 1. The maximum Gasteiger partial charge on any atom is 0.416 e. The van der Waals surface area contributed by atoms with Gasteiger partial charge in [-0.1, -0.05) is 6.07 Å². The monoisotopic (exact) mass is 529 g/mol. The Balaban J connectivity index is 1.22. The van der Waals surface area contributed by atoms with Crippen molar-refractivity contribution in [3.8, 4) is 11.5 Å². The summed E-state index contributed by atoms with van der Waals surface area (Å²) in [6.45, 7) is 3.73. The lowest BCUT2D eigenvalue weighted by molar-refractivity contribution is -0.138. The summed E-state index contributed by atoms with van der Waals surface area (Å²) in [6.07, 6.45) is 2.49. The van der Waals surface area contributed by atoms with Crippen molar-refractivity contribution >= 4 is 17.6 Å². The van der Waals surface area contributed by atoms with E-state index in [1.807, 2.05) is 4.90 Å². The highest BCUT2D eigenvalue weighted by Crippen LogP contribution is 2.38. The third-order valence-electron chi connectivity index (χ3n) is 7.01. The first-order valence-corrected chi connectivity index (χ1v) is 12.0. The average Bonchev–Trinajstić information content (AvgIpc) is 3.59. The molecule has 200 valence electrons. The van der Waals surface area contributed by atoms with E-state index in [1.54, 1.807) is 11.9 Å². The van der Waals surface area contributed by atoms with E-state index in [0.717, 1.165) is 6.07 Å². The second-order valence-electron chi connectivity index (χ2n) is 9.62. The molecule has 4 heterocycles. The van der Waals surface area contributed by atoms with E-state index in [9.17, 15) is 22.8 Å². The fourth-order valence-electron chi connectivity index (χ4n) is 5.03.